The van der Waals surface area contributed by atoms with Crippen molar-refractivity contribution in [3.63, 3.8) is 0 Å². The number of hydrogen-bond acceptors (Lipinski definition) is 3. The number of benzene rings is 5. The molecule has 0 heterocycles. The first-order chi connectivity index (χ1) is 18.6. The van der Waals surface area contributed by atoms with E-state index in [4.69, 9.17) is 26.3 Å². The zero-order valence-electron chi connectivity index (χ0n) is 20.5. The van der Waals surface area contributed by atoms with E-state index in [1.807, 2.05) is 78.9 Å². The Morgan fingerprint density at radius 2 is 1.05 bits per heavy atom. The summed E-state index contributed by atoms with van der Waals surface area (Å²) in [5.74, 6) is -0.281. The number of halogens is 2. The molecule has 0 aliphatic heterocycles. The molecule has 0 unspecified atom stereocenters. The summed E-state index contributed by atoms with van der Waals surface area (Å²) in [6.45, 7) is 0. The van der Waals surface area contributed by atoms with Gasteiger partial charge in [0.25, 0.3) is 0 Å². The number of hydrogen-bond donors (Lipinski definition) is 1. The molecule has 0 radical (unpaired) electrons. The predicted octanol–water partition coefficient (Wildman–Crippen LogP) is 6.49. The van der Waals surface area contributed by atoms with Crippen LogP contribution in [0.2, 0.25) is 10.0 Å². The van der Waals surface area contributed by atoms with Gasteiger partial charge in [0.15, 0.2) is 0 Å². The van der Waals surface area contributed by atoms with E-state index in [-0.39, 0.29) is 12.4 Å². The number of carbonyl (C=O) groups is 1. The fourth-order valence-electron chi connectivity index (χ4n) is 4.61. The third-order valence-electron chi connectivity index (χ3n) is 6.38. The Hall–Kier alpha value is -3.25. The van der Waals surface area contributed by atoms with Gasteiger partial charge in [0.1, 0.15) is 0 Å². The van der Waals surface area contributed by atoms with Crippen LogP contribution in [0, 0.1) is 0 Å². The molecule has 0 aliphatic carbocycles. The normalized spacial score (nSPS) is 11.1. The van der Waals surface area contributed by atoms with Crippen LogP contribution in [-0.4, -0.2) is 24.8 Å². The summed E-state index contributed by atoms with van der Waals surface area (Å²) in [4.78, 5) is 13.8. The average molecular weight is 645 g/mol. The first kappa shape index (κ1) is 26.4. The summed E-state index contributed by atoms with van der Waals surface area (Å²) in [6, 6.07) is 43.5. The Morgan fingerprint density at radius 3 is 1.55 bits per heavy atom. The van der Waals surface area contributed by atoms with Gasteiger partial charge < -0.3 is 0 Å². The van der Waals surface area contributed by atoms with E-state index in [2.05, 4.69) is 41.7 Å². The van der Waals surface area contributed by atoms with Crippen LogP contribution in [0.25, 0.3) is 0 Å². The average Bonchev–Trinajstić information content (AvgIpc) is 2.96. The van der Waals surface area contributed by atoms with Crippen LogP contribution in [0.15, 0.2) is 133 Å². The first-order valence-corrected chi connectivity index (χ1v) is 18.5. The molecule has 5 rings (SSSR count). The number of para-hydroxylation sites is 2. The fourth-order valence-corrected chi connectivity index (χ4v) is 15.8. The van der Waals surface area contributed by atoms with Gasteiger partial charge in [-0.2, -0.15) is 0 Å². The second-order valence-electron chi connectivity index (χ2n) is 8.81. The van der Waals surface area contributed by atoms with Gasteiger partial charge in [0.05, 0.1) is 0 Å². The molecule has 3 nitrogen and oxygen atoms in total. The van der Waals surface area contributed by atoms with Crippen LogP contribution in [0.1, 0.15) is 5.56 Å². The van der Waals surface area contributed by atoms with E-state index >= 15 is 0 Å². The number of carbonyl (C=O) groups excluding carboxylic acids is 1. The molecule has 0 bridgehead atoms. The van der Waals surface area contributed by atoms with Gasteiger partial charge in [-0.25, -0.2) is 0 Å². The summed E-state index contributed by atoms with van der Waals surface area (Å²) in [5, 5.41) is 4.32. The second-order valence-corrected chi connectivity index (χ2v) is 19.0. The van der Waals surface area contributed by atoms with Gasteiger partial charge in [-0.05, 0) is 0 Å². The zero-order chi connectivity index (χ0) is 26.4. The first-order valence-electron chi connectivity index (χ1n) is 12.3. The van der Waals surface area contributed by atoms with Crippen LogP contribution < -0.4 is 16.1 Å². The molecular weight excluding hydrogens is 620 g/mol. The molecular formula is C32H25Cl2NO2Sn. The van der Waals surface area contributed by atoms with Gasteiger partial charge >= 0.3 is 239 Å². The quantitative estimate of drug-likeness (QED) is 0.196. The van der Waals surface area contributed by atoms with Crippen molar-refractivity contribution in [2.75, 3.05) is 5.32 Å². The van der Waals surface area contributed by atoms with Crippen LogP contribution in [0.4, 0.5) is 11.4 Å². The predicted molar refractivity (Wildman–Crippen MR) is 160 cm³/mol. The van der Waals surface area contributed by atoms with Crippen LogP contribution in [0.5, 0.6) is 0 Å². The molecule has 0 fully saturated rings. The molecule has 5 aromatic carbocycles. The van der Waals surface area contributed by atoms with E-state index in [0.29, 0.717) is 15.7 Å². The van der Waals surface area contributed by atoms with Gasteiger partial charge in [-0.1, -0.05) is 0 Å². The number of anilines is 2. The van der Waals surface area contributed by atoms with E-state index in [9.17, 15) is 4.79 Å². The molecule has 0 aromatic heterocycles. The molecule has 38 heavy (non-hydrogen) atoms. The molecule has 0 saturated carbocycles. The Kier molecular flexibility index (Phi) is 8.38. The van der Waals surface area contributed by atoms with Crippen molar-refractivity contribution in [1.29, 1.82) is 0 Å². The maximum atomic E-state index is 13.8. The minimum atomic E-state index is -4.20. The summed E-state index contributed by atoms with van der Waals surface area (Å²) in [7, 11) is 0. The third kappa shape index (κ3) is 5.60. The summed E-state index contributed by atoms with van der Waals surface area (Å²) >= 11 is 8.59. The van der Waals surface area contributed by atoms with Crippen molar-refractivity contribution in [1.82, 2.24) is 0 Å². The van der Waals surface area contributed by atoms with Gasteiger partial charge in [-0.15, -0.1) is 0 Å². The number of nitrogens with one attached hydrogen (secondary N) is 1. The molecule has 0 amide bonds. The minimum absolute atomic E-state index is 0.0937. The van der Waals surface area contributed by atoms with Gasteiger partial charge in [-0.3, -0.25) is 0 Å². The molecule has 0 atom stereocenters. The van der Waals surface area contributed by atoms with Crippen molar-refractivity contribution < 1.29 is 7.87 Å². The van der Waals surface area contributed by atoms with E-state index in [0.717, 1.165) is 22.0 Å². The van der Waals surface area contributed by atoms with Crippen molar-refractivity contribution in [2.45, 2.75) is 6.42 Å². The van der Waals surface area contributed by atoms with Crippen molar-refractivity contribution >= 4 is 70.1 Å². The fraction of sp³-hybridized carbons (Fsp3) is 0.0312. The molecule has 1 N–H and O–H groups in total. The molecule has 5 aromatic rings. The molecule has 0 aliphatic rings. The zero-order valence-corrected chi connectivity index (χ0v) is 24.8. The van der Waals surface area contributed by atoms with E-state index < -0.39 is 18.8 Å². The van der Waals surface area contributed by atoms with Crippen LogP contribution >= 0.6 is 23.2 Å². The van der Waals surface area contributed by atoms with Crippen molar-refractivity contribution in [2.24, 2.45) is 0 Å². The van der Waals surface area contributed by atoms with E-state index in [1.54, 1.807) is 18.2 Å². The van der Waals surface area contributed by atoms with Gasteiger partial charge in [0, 0.05) is 0 Å². The van der Waals surface area contributed by atoms with Crippen LogP contribution in [0.3, 0.4) is 0 Å². The molecule has 188 valence electrons. The Morgan fingerprint density at radius 1 is 0.605 bits per heavy atom. The monoisotopic (exact) mass is 645 g/mol. The van der Waals surface area contributed by atoms with Crippen molar-refractivity contribution in [3.8, 4) is 0 Å². The standard InChI is InChI=1S/C14H11Cl2NO2.3C6H5.Sn/c15-10-5-3-6-11(16)14(10)17-12-7-2-1-4-9(12)8-13(18)19;3*1-2-4-6-5-3-1;/h1-7,17H,8H2,(H,18,19);3*1-5H;/q;;;;+1/p-1. The number of rotatable bonds is 8. The Balaban J connectivity index is 1.54. The van der Waals surface area contributed by atoms with Crippen molar-refractivity contribution in [3.05, 3.63) is 149 Å². The van der Waals surface area contributed by atoms with Crippen LogP contribution in [-0.2, 0) is 14.3 Å². The summed E-state index contributed by atoms with van der Waals surface area (Å²) in [6.07, 6.45) is 0.0937. The topological polar surface area (TPSA) is 38.3 Å². The Bertz CT molecular complexity index is 1410. The third-order valence-corrected chi connectivity index (χ3v) is 18.4. The molecule has 0 saturated heterocycles. The SMILES string of the molecule is O=C(Cc1ccccc1Nc1c(Cl)cccc1Cl)[O][Sn]([c]1ccccc1)([c]1ccccc1)[c]1ccccc1. The molecule has 6 heteroatoms. The molecule has 0 spiro atoms. The Labute approximate surface area is 237 Å². The van der Waals surface area contributed by atoms with Gasteiger partial charge in [0.2, 0.25) is 0 Å². The second kappa shape index (κ2) is 12.1. The summed E-state index contributed by atoms with van der Waals surface area (Å²) < 4.78 is 9.96. The summed E-state index contributed by atoms with van der Waals surface area (Å²) in [5.41, 5.74) is 2.14. The maximum absolute atomic E-state index is 13.8. The van der Waals surface area contributed by atoms with E-state index in [1.165, 1.54) is 0 Å².